The maximum atomic E-state index is 5.22. The molecule has 1 atom stereocenters. The third-order valence-electron chi connectivity index (χ3n) is 2.90. The summed E-state index contributed by atoms with van der Waals surface area (Å²) in [5, 5.41) is 7.32. The molecule has 1 aliphatic rings. The second kappa shape index (κ2) is 5.96. The summed E-state index contributed by atoms with van der Waals surface area (Å²) in [5.74, 6) is 2.16. The Morgan fingerprint density at radius 2 is 2.50 bits per heavy atom. The van der Waals surface area contributed by atoms with Crippen LogP contribution in [-0.2, 0) is 17.6 Å². The van der Waals surface area contributed by atoms with Crippen LogP contribution in [0.1, 0.15) is 24.6 Å². The van der Waals surface area contributed by atoms with Crippen LogP contribution in [0.3, 0.4) is 0 Å². The number of nitrogens with one attached hydrogen (secondary N) is 1. The van der Waals surface area contributed by atoms with Crippen LogP contribution in [0.15, 0.2) is 4.52 Å². The molecule has 16 heavy (non-hydrogen) atoms. The van der Waals surface area contributed by atoms with E-state index in [-0.39, 0.29) is 0 Å². The first-order chi connectivity index (χ1) is 7.88. The second-order valence-corrected chi connectivity index (χ2v) is 4.26. The molecule has 0 amide bonds. The molecule has 5 heteroatoms. The number of aromatic nitrogens is 2. The maximum Gasteiger partial charge on any atom is 0.226 e. The standard InChI is InChI=1S/C11H19N3O2/c1-15-6-4-10-13-11(16-14-10)7-9-3-2-5-12-8-9/h9,12H,2-8H2,1H3/t9-/m1/s1. The van der Waals surface area contributed by atoms with Crippen LogP contribution >= 0.6 is 0 Å². The van der Waals surface area contributed by atoms with Gasteiger partial charge in [-0.3, -0.25) is 0 Å². The second-order valence-electron chi connectivity index (χ2n) is 4.26. The van der Waals surface area contributed by atoms with E-state index in [2.05, 4.69) is 15.5 Å². The zero-order valence-corrected chi connectivity index (χ0v) is 9.74. The van der Waals surface area contributed by atoms with Crippen molar-refractivity contribution in [3.05, 3.63) is 11.7 Å². The number of ether oxygens (including phenoxy) is 1. The van der Waals surface area contributed by atoms with Crippen molar-refractivity contribution in [2.24, 2.45) is 5.92 Å². The summed E-state index contributed by atoms with van der Waals surface area (Å²) >= 11 is 0. The molecule has 1 saturated heterocycles. The van der Waals surface area contributed by atoms with Gasteiger partial charge in [0.25, 0.3) is 0 Å². The summed E-state index contributed by atoms with van der Waals surface area (Å²) < 4.78 is 10.2. The molecule has 1 N–H and O–H groups in total. The number of rotatable bonds is 5. The minimum Gasteiger partial charge on any atom is -0.384 e. The van der Waals surface area contributed by atoms with Crippen molar-refractivity contribution in [3.8, 4) is 0 Å². The van der Waals surface area contributed by atoms with Gasteiger partial charge in [-0.2, -0.15) is 4.98 Å². The molecule has 0 spiro atoms. The van der Waals surface area contributed by atoms with E-state index in [9.17, 15) is 0 Å². The lowest BCUT2D eigenvalue weighted by atomic mass is 9.96. The van der Waals surface area contributed by atoms with Crippen LogP contribution in [0.25, 0.3) is 0 Å². The number of piperidine rings is 1. The Kier molecular flexibility index (Phi) is 4.30. The fraction of sp³-hybridized carbons (Fsp3) is 0.818. The van der Waals surface area contributed by atoms with E-state index in [4.69, 9.17) is 9.26 Å². The van der Waals surface area contributed by atoms with Crippen LogP contribution in [0.2, 0.25) is 0 Å². The molecule has 0 radical (unpaired) electrons. The first-order valence-corrected chi connectivity index (χ1v) is 5.89. The predicted octanol–water partition coefficient (Wildman–Crippen LogP) is 0.801. The smallest absolute Gasteiger partial charge is 0.226 e. The Hall–Kier alpha value is -0.940. The summed E-state index contributed by atoms with van der Waals surface area (Å²) in [5.41, 5.74) is 0. The van der Waals surface area contributed by atoms with Gasteiger partial charge < -0.3 is 14.6 Å². The first kappa shape index (κ1) is 11.5. The van der Waals surface area contributed by atoms with E-state index in [0.717, 1.165) is 37.6 Å². The highest BCUT2D eigenvalue weighted by atomic mass is 16.5. The van der Waals surface area contributed by atoms with Crippen molar-refractivity contribution in [2.75, 3.05) is 26.8 Å². The Bertz CT molecular complexity index is 308. The molecule has 0 bridgehead atoms. The van der Waals surface area contributed by atoms with Gasteiger partial charge in [0.15, 0.2) is 5.82 Å². The Morgan fingerprint density at radius 1 is 1.56 bits per heavy atom. The van der Waals surface area contributed by atoms with E-state index >= 15 is 0 Å². The normalized spacial score (nSPS) is 21.2. The third kappa shape index (κ3) is 3.28. The lowest BCUT2D eigenvalue weighted by Gasteiger charge is -2.20. The van der Waals surface area contributed by atoms with Crippen molar-refractivity contribution in [3.63, 3.8) is 0 Å². The highest BCUT2D eigenvalue weighted by Crippen LogP contribution is 2.15. The fourth-order valence-electron chi connectivity index (χ4n) is 2.01. The molecule has 1 fully saturated rings. The summed E-state index contributed by atoms with van der Waals surface area (Å²) in [4.78, 5) is 4.36. The van der Waals surface area contributed by atoms with Crippen LogP contribution in [0.4, 0.5) is 0 Å². The zero-order chi connectivity index (χ0) is 11.2. The van der Waals surface area contributed by atoms with Crippen molar-refractivity contribution >= 4 is 0 Å². The minimum absolute atomic E-state index is 0.643. The molecular formula is C11H19N3O2. The van der Waals surface area contributed by atoms with Gasteiger partial charge in [-0.1, -0.05) is 5.16 Å². The summed E-state index contributed by atoms with van der Waals surface area (Å²) in [7, 11) is 1.68. The minimum atomic E-state index is 0.643. The van der Waals surface area contributed by atoms with E-state index in [1.165, 1.54) is 12.8 Å². The molecule has 5 nitrogen and oxygen atoms in total. The van der Waals surface area contributed by atoms with Crippen molar-refractivity contribution < 1.29 is 9.26 Å². The molecule has 0 aliphatic carbocycles. The highest BCUT2D eigenvalue weighted by molar-refractivity contribution is 4.89. The van der Waals surface area contributed by atoms with E-state index in [0.29, 0.717) is 12.5 Å². The molecule has 0 unspecified atom stereocenters. The molecule has 1 aliphatic heterocycles. The average molecular weight is 225 g/mol. The van der Waals surface area contributed by atoms with E-state index in [1.807, 2.05) is 0 Å². The lowest BCUT2D eigenvalue weighted by molar-refractivity contribution is 0.199. The maximum absolute atomic E-state index is 5.22. The molecule has 1 aromatic heterocycles. The quantitative estimate of drug-likeness (QED) is 0.803. The highest BCUT2D eigenvalue weighted by Gasteiger charge is 2.17. The number of hydrogen-bond acceptors (Lipinski definition) is 5. The first-order valence-electron chi connectivity index (χ1n) is 5.89. The monoisotopic (exact) mass is 225 g/mol. The Balaban J connectivity index is 1.81. The zero-order valence-electron chi connectivity index (χ0n) is 9.74. The topological polar surface area (TPSA) is 60.2 Å². The largest absolute Gasteiger partial charge is 0.384 e. The Morgan fingerprint density at radius 3 is 3.25 bits per heavy atom. The molecule has 2 heterocycles. The van der Waals surface area contributed by atoms with Crippen molar-refractivity contribution in [2.45, 2.75) is 25.7 Å². The average Bonchev–Trinajstić information content (AvgIpc) is 2.75. The van der Waals surface area contributed by atoms with Gasteiger partial charge in [-0.05, 0) is 31.8 Å². The van der Waals surface area contributed by atoms with E-state index < -0.39 is 0 Å². The van der Waals surface area contributed by atoms with Gasteiger partial charge in [0.2, 0.25) is 5.89 Å². The van der Waals surface area contributed by atoms with Crippen LogP contribution in [0.5, 0.6) is 0 Å². The van der Waals surface area contributed by atoms with Crippen molar-refractivity contribution in [1.29, 1.82) is 0 Å². The third-order valence-corrected chi connectivity index (χ3v) is 2.90. The molecule has 90 valence electrons. The van der Waals surface area contributed by atoms with Gasteiger partial charge in [-0.15, -0.1) is 0 Å². The van der Waals surface area contributed by atoms with Crippen LogP contribution in [-0.4, -0.2) is 36.9 Å². The van der Waals surface area contributed by atoms with Gasteiger partial charge in [-0.25, -0.2) is 0 Å². The summed E-state index contributed by atoms with van der Waals surface area (Å²) in [6, 6.07) is 0. The summed E-state index contributed by atoms with van der Waals surface area (Å²) in [6.07, 6.45) is 4.12. The van der Waals surface area contributed by atoms with Crippen LogP contribution < -0.4 is 5.32 Å². The van der Waals surface area contributed by atoms with Crippen molar-refractivity contribution in [1.82, 2.24) is 15.5 Å². The summed E-state index contributed by atoms with van der Waals surface area (Å²) in [6.45, 7) is 2.85. The van der Waals surface area contributed by atoms with E-state index in [1.54, 1.807) is 7.11 Å². The number of methoxy groups -OCH3 is 1. The molecular weight excluding hydrogens is 206 g/mol. The molecule has 0 saturated carbocycles. The van der Waals surface area contributed by atoms with Crippen LogP contribution in [0, 0.1) is 5.92 Å². The van der Waals surface area contributed by atoms with Gasteiger partial charge in [0.05, 0.1) is 6.61 Å². The predicted molar refractivity (Wildman–Crippen MR) is 59.2 cm³/mol. The molecule has 0 aromatic carbocycles. The van der Waals surface area contributed by atoms with Gasteiger partial charge in [0.1, 0.15) is 0 Å². The molecule has 1 aromatic rings. The fourth-order valence-corrected chi connectivity index (χ4v) is 2.01. The molecule has 2 rings (SSSR count). The SMILES string of the molecule is COCCc1noc(C[C@H]2CCCNC2)n1. The number of hydrogen-bond donors (Lipinski definition) is 1. The Labute approximate surface area is 95.6 Å². The number of nitrogens with zero attached hydrogens (tertiary/aromatic N) is 2. The lowest BCUT2D eigenvalue weighted by Crippen LogP contribution is -2.30. The van der Waals surface area contributed by atoms with Gasteiger partial charge in [0, 0.05) is 20.0 Å². The van der Waals surface area contributed by atoms with Gasteiger partial charge >= 0.3 is 0 Å².